The van der Waals surface area contributed by atoms with Crippen molar-refractivity contribution in [1.29, 1.82) is 0 Å². The van der Waals surface area contributed by atoms with Crippen LogP contribution in [0.2, 0.25) is 10.0 Å². The SMILES string of the molecule is Fc1cc(Cl)c(COc2ccc(Cl)cc2CBr)cc1F. The van der Waals surface area contributed by atoms with Gasteiger partial charge in [-0.15, -0.1) is 0 Å². The van der Waals surface area contributed by atoms with Crippen LogP contribution in [0.25, 0.3) is 0 Å². The Balaban J connectivity index is 2.19. The van der Waals surface area contributed by atoms with E-state index in [4.69, 9.17) is 27.9 Å². The molecule has 0 unspecified atom stereocenters. The van der Waals surface area contributed by atoms with Crippen molar-refractivity contribution in [3.63, 3.8) is 0 Å². The van der Waals surface area contributed by atoms with Crippen LogP contribution in [0.5, 0.6) is 5.75 Å². The predicted molar refractivity (Wildman–Crippen MR) is 79.8 cm³/mol. The lowest BCUT2D eigenvalue weighted by Gasteiger charge is -2.11. The third-order valence-electron chi connectivity index (χ3n) is 2.64. The predicted octanol–water partition coefficient (Wildman–Crippen LogP) is 5.75. The number of benzene rings is 2. The van der Waals surface area contributed by atoms with Crippen LogP contribution in [-0.4, -0.2) is 0 Å². The molecule has 0 amide bonds. The smallest absolute Gasteiger partial charge is 0.160 e. The summed E-state index contributed by atoms with van der Waals surface area (Å²) in [6.45, 7) is 0.0394. The Bertz CT molecular complexity index is 635. The molecule has 0 radical (unpaired) electrons. The molecule has 2 aromatic carbocycles. The third-order valence-corrected chi connectivity index (χ3v) is 3.83. The molecule has 0 aromatic heterocycles. The Labute approximate surface area is 133 Å². The highest BCUT2D eigenvalue weighted by molar-refractivity contribution is 9.08. The average Bonchev–Trinajstić information content (AvgIpc) is 2.42. The van der Waals surface area contributed by atoms with Gasteiger partial charge in [0, 0.05) is 21.5 Å². The van der Waals surface area contributed by atoms with Crippen LogP contribution in [0, 0.1) is 11.6 Å². The van der Waals surface area contributed by atoms with Crippen LogP contribution >= 0.6 is 39.1 Å². The van der Waals surface area contributed by atoms with E-state index in [1.807, 2.05) is 0 Å². The van der Waals surface area contributed by atoms with Crippen molar-refractivity contribution in [3.8, 4) is 5.75 Å². The van der Waals surface area contributed by atoms with Crippen LogP contribution < -0.4 is 4.74 Å². The van der Waals surface area contributed by atoms with Crippen molar-refractivity contribution < 1.29 is 13.5 Å². The highest BCUT2D eigenvalue weighted by atomic mass is 79.9. The molecule has 0 N–H and O–H groups in total. The van der Waals surface area contributed by atoms with E-state index in [0.29, 0.717) is 21.7 Å². The second kappa shape index (κ2) is 6.74. The van der Waals surface area contributed by atoms with Gasteiger partial charge in [-0.05, 0) is 30.3 Å². The summed E-state index contributed by atoms with van der Waals surface area (Å²) in [7, 11) is 0. The highest BCUT2D eigenvalue weighted by Crippen LogP contribution is 2.27. The Morgan fingerprint density at radius 2 is 1.70 bits per heavy atom. The standard InChI is InChI=1S/C14H9BrCl2F2O/c15-6-8-3-10(16)1-2-14(8)20-7-9-4-12(18)13(19)5-11(9)17/h1-5H,6-7H2. The van der Waals surface area contributed by atoms with Crippen LogP contribution in [0.4, 0.5) is 8.78 Å². The first-order valence-electron chi connectivity index (χ1n) is 5.62. The van der Waals surface area contributed by atoms with Crippen molar-refractivity contribution in [2.45, 2.75) is 11.9 Å². The third kappa shape index (κ3) is 3.62. The molecule has 0 atom stereocenters. The molecule has 2 aromatic rings. The van der Waals surface area contributed by atoms with E-state index in [-0.39, 0.29) is 11.6 Å². The van der Waals surface area contributed by atoms with Crippen molar-refractivity contribution in [2.24, 2.45) is 0 Å². The fourth-order valence-corrected chi connectivity index (χ4v) is 2.46. The summed E-state index contributed by atoms with van der Waals surface area (Å²) in [6, 6.07) is 7.13. The molecule has 2 rings (SSSR count). The van der Waals surface area contributed by atoms with Gasteiger partial charge in [0.2, 0.25) is 0 Å². The molecule has 0 saturated heterocycles. The van der Waals surface area contributed by atoms with E-state index in [9.17, 15) is 8.78 Å². The van der Waals surface area contributed by atoms with Crippen molar-refractivity contribution in [2.75, 3.05) is 0 Å². The first-order valence-corrected chi connectivity index (χ1v) is 7.49. The molecule has 0 bridgehead atoms. The molecule has 6 heteroatoms. The van der Waals surface area contributed by atoms with Gasteiger partial charge >= 0.3 is 0 Å². The molecule has 0 heterocycles. The van der Waals surface area contributed by atoms with Crippen LogP contribution in [0.1, 0.15) is 11.1 Å². The van der Waals surface area contributed by atoms with Gasteiger partial charge in [-0.25, -0.2) is 8.78 Å². The van der Waals surface area contributed by atoms with E-state index in [2.05, 4.69) is 15.9 Å². The Morgan fingerprint density at radius 1 is 1.00 bits per heavy atom. The first kappa shape index (κ1) is 15.5. The van der Waals surface area contributed by atoms with Gasteiger partial charge in [0.05, 0.1) is 5.02 Å². The first-order chi connectivity index (χ1) is 9.51. The normalized spacial score (nSPS) is 10.7. The fourth-order valence-electron chi connectivity index (χ4n) is 1.62. The monoisotopic (exact) mass is 380 g/mol. The summed E-state index contributed by atoms with van der Waals surface area (Å²) in [6.07, 6.45) is 0. The largest absolute Gasteiger partial charge is 0.489 e. The maximum Gasteiger partial charge on any atom is 0.160 e. The summed E-state index contributed by atoms with van der Waals surface area (Å²) < 4.78 is 31.7. The Kier molecular flexibility index (Phi) is 5.24. The number of ether oxygens (including phenoxy) is 1. The lowest BCUT2D eigenvalue weighted by Crippen LogP contribution is -2.00. The van der Waals surface area contributed by atoms with Gasteiger partial charge in [0.1, 0.15) is 12.4 Å². The molecule has 0 fully saturated rings. The van der Waals surface area contributed by atoms with Gasteiger partial charge in [-0.1, -0.05) is 39.1 Å². The van der Waals surface area contributed by atoms with Gasteiger partial charge < -0.3 is 4.74 Å². The molecule has 20 heavy (non-hydrogen) atoms. The minimum atomic E-state index is -0.980. The number of halogens is 5. The summed E-state index contributed by atoms with van der Waals surface area (Å²) in [4.78, 5) is 0. The summed E-state index contributed by atoms with van der Waals surface area (Å²) in [5.74, 6) is -1.33. The zero-order valence-corrected chi connectivity index (χ0v) is 13.2. The second-order valence-electron chi connectivity index (χ2n) is 4.03. The van der Waals surface area contributed by atoms with Gasteiger partial charge in [0.15, 0.2) is 11.6 Å². The molecular formula is C14H9BrCl2F2O. The lowest BCUT2D eigenvalue weighted by molar-refractivity contribution is 0.303. The number of alkyl halides is 1. The summed E-state index contributed by atoms with van der Waals surface area (Å²) in [5.41, 5.74) is 1.23. The van der Waals surface area contributed by atoms with Gasteiger partial charge in [0.25, 0.3) is 0 Å². The number of hydrogen-bond acceptors (Lipinski definition) is 1. The van der Waals surface area contributed by atoms with E-state index in [1.54, 1.807) is 18.2 Å². The lowest BCUT2D eigenvalue weighted by atomic mass is 10.2. The van der Waals surface area contributed by atoms with E-state index < -0.39 is 11.6 Å². The highest BCUT2D eigenvalue weighted by Gasteiger charge is 2.10. The van der Waals surface area contributed by atoms with Crippen molar-refractivity contribution in [1.82, 2.24) is 0 Å². The maximum atomic E-state index is 13.2. The van der Waals surface area contributed by atoms with E-state index in [1.165, 1.54) is 0 Å². The molecule has 0 saturated carbocycles. The fraction of sp³-hybridized carbons (Fsp3) is 0.143. The minimum absolute atomic E-state index is 0.0394. The zero-order valence-electron chi connectivity index (χ0n) is 10.1. The topological polar surface area (TPSA) is 9.23 Å². The van der Waals surface area contributed by atoms with Gasteiger partial charge in [-0.2, -0.15) is 0 Å². The van der Waals surface area contributed by atoms with Crippen molar-refractivity contribution >= 4 is 39.1 Å². The molecule has 1 nitrogen and oxygen atoms in total. The number of hydrogen-bond donors (Lipinski definition) is 0. The Hall–Kier alpha value is -0.840. The van der Waals surface area contributed by atoms with Crippen LogP contribution in [-0.2, 0) is 11.9 Å². The molecule has 0 aliphatic heterocycles. The summed E-state index contributed by atoms with van der Waals surface area (Å²) in [5, 5.41) is 1.28. The zero-order chi connectivity index (χ0) is 14.7. The van der Waals surface area contributed by atoms with Crippen molar-refractivity contribution in [3.05, 3.63) is 63.1 Å². The average molecular weight is 382 g/mol. The van der Waals surface area contributed by atoms with E-state index >= 15 is 0 Å². The quantitative estimate of drug-likeness (QED) is 0.484. The molecule has 0 aliphatic rings. The summed E-state index contributed by atoms with van der Waals surface area (Å²) >= 11 is 15.1. The Morgan fingerprint density at radius 3 is 2.40 bits per heavy atom. The molecule has 0 spiro atoms. The second-order valence-corrected chi connectivity index (χ2v) is 5.44. The molecular weight excluding hydrogens is 373 g/mol. The minimum Gasteiger partial charge on any atom is -0.489 e. The number of rotatable bonds is 4. The molecule has 106 valence electrons. The molecule has 0 aliphatic carbocycles. The van der Waals surface area contributed by atoms with E-state index in [0.717, 1.165) is 17.7 Å². The van der Waals surface area contributed by atoms with Crippen LogP contribution in [0.15, 0.2) is 30.3 Å². The van der Waals surface area contributed by atoms with Crippen LogP contribution in [0.3, 0.4) is 0 Å². The maximum absolute atomic E-state index is 13.2. The van der Waals surface area contributed by atoms with Gasteiger partial charge in [-0.3, -0.25) is 0 Å².